The van der Waals surface area contributed by atoms with Crippen molar-refractivity contribution in [3.05, 3.63) is 40.7 Å². The smallest absolute Gasteiger partial charge is 0.132 e. The summed E-state index contributed by atoms with van der Waals surface area (Å²) in [5.41, 5.74) is 2.37. The summed E-state index contributed by atoms with van der Waals surface area (Å²) >= 11 is 6.29. The van der Waals surface area contributed by atoms with E-state index in [1.807, 2.05) is 12.1 Å². The summed E-state index contributed by atoms with van der Waals surface area (Å²) in [4.78, 5) is 4.21. The molecule has 1 heterocycles. The topological polar surface area (TPSA) is 53.4 Å². The van der Waals surface area contributed by atoms with E-state index in [-0.39, 0.29) is 16.9 Å². The van der Waals surface area contributed by atoms with Crippen LogP contribution in [-0.4, -0.2) is 26.9 Å². The highest BCUT2D eigenvalue weighted by Gasteiger charge is 2.61. The number of aliphatic hydroxyl groups is 2. The third kappa shape index (κ3) is 3.58. The molecule has 0 aromatic carbocycles. The molecule has 0 bridgehead atoms. The highest BCUT2D eigenvalue weighted by Crippen LogP contribution is 2.67. The molecule has 0 unspecified atom stereocenters. The summed E-state index contributed by atoms with van der Waals surface area (Å²) in [6.45, 7) is 7.05. The maximum absolute atomic E-state index is 11.7. The summed E-state index contributed by atoms with van der Waals surface area (Å²) in [7, 11) is 0. The number of hydrogen-bond donors (Lipinski definition) is 2. The first kappa shape index (κ1) is 22.9. The van der Waals surface area contributed by atoms with Crippen molar-refractivity contribution in [2.24, 2.45) is 34.5 Å². The second kappa shape index (κ2) is 8.10. The lowest BCUT2D eigenvalue weighted by Gasteiger charge is -2.59. The molecule has 0 spiro atoms. The van der Waals surface area contributed by atoms with E-state index >= 15 is 0 Å². The fourth-order valence-corrected chi connectivity index (χ4v) is 9.04. The van der Waals surface area contributed by atoms with Gasteiger partial charge in [0.2, 0.25) is 0 Å². The Kier molecular flexibility index (Phi) is 5.79. The first-order valence-corrected chi connectivity index (χ1v) is 13.2. The van der Waals surface area contributed by atoms with Crippen LogP contribution in [0.5, 0.6) is 0 Å². The van der Waals surface area contributed by atoms with Crippen LogP contribution >= 0.6 is 11.6 Å². The third-order valence-corrected chi connectivity index (χ3v) is 10.9. The molecule has 5 rings (SSSR count). The van der Waals surface area contributed by atoms with Gasteiger partial charge in [-0.25, -0.2) is 4.98 Å². The fourth-order valence-electron chi connectivity index (χ4n) is 8.83. The predicted octanol–water partition coefficient (Wildman–Crippen LogP) is 6.36. The van der Waals surface area contributed by atoms with Crippen molar-refractivity contribution in [3.63, 3.8) is 0 Å². The molecule has 32 heavy (non-hydrogen) atoms. The van der Waals surface area contributed by atoms with Gasteiger partial charge in [-0.2, -0.15) is 0 Å². The number of fused-ring (bicyclic) bond motifs is 5. The lowest BCUT2D eigenvalue weighted by atomic mass is 9.46. The van der Waals surface area contributed by atoms with Crippen molar-refractivity contribution >= 4 is 11.6 Å². The van der Waals surface area contributed by atoms with Crippen LogP contribution in [0.2, 0.25) is 5.15 Å². The Balaban J connectivity index is 1.35. The number of nitrogens with zero attached hydrogens (tertiary/aromatic N) is 1. The molecule has 3 fully saturated rings. The van der Waals surface area contributed by atoms with Crippen LogP contribution in [-0.2, 0) is 6.42 Å². The Labute approximate surface area is 198 Å². The van der Waals surface area contributed by atoms with Gasteiger partial charge in [-0.1, -0.05) is 43.2 Å². The normalized spacial score (nSPS) is 42.9. The standard InChI is InChI=1S/C28H40ClNO2/c1-26-13-11-20(31)17-19(26)6-7-21-22-8-9-24(27(22,2)14-12-23(21)26)28(3,32)15-10-18-5-4-16-30-25(18)29/h4-6,16,20-24,31-32H,7-15,17H2,1-3H3/t20-,21-,22-,23-,24-,26-,27-,28+/m0/s1. The largest absolute Gasteiger partial charge is 0.393 e. The van der Waals surface area contributed by atoms with Gasteiger partial charge >= 0.3 is 0 Å². The van der Waals surface area contributed by atoms with Crippen LogP contribution in [0.15, 0.2) is 30.0 Å². The van der Waals surface area contributed by atoms with Crippen LogP contribution in [0.1, 0.15) is 84.1 Å². The van der Waals surface area contributed by atoms with Crippen molar-refractivity contribution in [1.82, 2.24) is 4.98 Å². The average molecular weight is 458 g/mol. The molecule has 4 aliphatic rings. The third-order valence-electron chi connectivity index (χ3n) is 10.6. The van der Waals surface area contributed by atoms with Crippen LogP contribution < -0.4 is 0 Å². The van der Waals surface area contributed by atoms with Gasteiger partial charge in [-0.05, 0) is 117 Å². The number of hydrogen-bond acceptors (Lipinski definition) is 3. The molecule has 3 nitrogen and oxygen atoms in total. The molecule has 0 amide bonds. The highest BCUT2D eigenvalue weighted by atomic mass is 35.5. The van der Waals surface area contributed by atoms with Gasteiger partial charge in [0.15, 0.2) is 0 Å². The minimum atomic E-state index is -0.690. The van der Waals surface area contributed by atoms with Crippen LogP contribution in [0.3, 0.4) is 0 Å². The van der Waals surface area contributed by atoms with Crippen molar-refractivity contribution in [2.45, 2.75) is 96.7 Å². The van der Waals surface area contributed by atoms with Gasteiger partial charge in [0.05, 0.1) is 11.7 Å². The number of aryl methyl sites for hydroxylation is 1. The summed E-state index contributed by atoms with van der Waals surface area (Å²) in [6, 6.07) is 3.96. The summed E-state index contributed by atoms with van der Waals surface area (Å²) in [6.07, 6.45) is 14.6. The Hall–Kier alpha value is -0.900. The van der Waals surface area contributed by atoms with Gasteiger partial charge < -0.3 is 10.2 Å². The number of allylic oxidation sites excluding steroid dienone is 1. The SMILES string of the molecule is C[C@]12CC[C@H]3[C@@H](CC=C4C[C@@H](O)CC[C@@]43C)[C@@H]1CC[C@@H]2[C@](C)(O)CCc1cccnc1Cl. The first-order chi connectivity index (χ1) is 15.1. The summed E-state index contributed by atoms with van der Waals surface area (Å²) < 4.78 is 0. The number of rotatable bonds is 4. The van der Waals surface area contributed by atoms with Gasteiger partial charge in [-0.15, -0.1) is 0 Å². The molecular formula is C28H40ClNO2. The van der Waals surface area contributed by atoms with E-state index in [1.54, 1.807) is 6.20 Å². The van der Waals surface area contributed by atoms with Crippen molar-refractivity contribution in [1.29, 1.82) is 0 Å². The molecule has 1 aromatic heterocycles. The average Bonchev–Trinajstić information content (AvgIpc) is 3.12. The Morgan fingerprint density at radius 3 is 2.75 bits per heavy atom. The number of pyridine rings is 1. The molecule has 8 atom stereocenters. The van der Waals surface area contributed by atoms with E-state index in [4.69, 9.17) is 11.6 Å². The van der Waals surface area contributed by atoms with Crippen LogP contribution in [0, 0.1) is 34.5 Å². The highest BCUT2D eigenvalue weighted by molar-refractivity contribution is 6.30. The van der Waals surface area contributed by atoms with Crippen LogP contribution in [0.4, 0.5) is 0 Å². The van der Waals surface area contributed by atoms with Gasteiger partial charge in [0, 0.05) is 6.20 Å². The molecule has 0 saturated heterocycles. The quantitative estimate of drug-likeness (QED) is 0.408. The minimum Gasteiger partial charge on any atom is -0.393 e. The number of aromatic nitrogens is 1. The first-order valence-electron chi connectivity index (χ1n) is 12.8. The molecule has 1 aromatic rings. The number of aliphatic hydroxyl groups excluding tert-OH is 1. The van der Waals surface area contributed by atoms with Gasteiger partial charge in [0.1, 0.15) is 5.15 Å². The zero-order valence-corrected chi connectivity index (χ0v) is 20.7. The fraction of sp³-hybridized carbons (Fsp3) is 0.750. The lowest BCUT2D eigenvalue weighted by Crippen LogP contribution is -2.53. The predicted molar refractivity (Wildman–Crippen MR) is 129 cm³/mol. The summed E-state index contributed by atoms with van der Waals surface area (Å²) in [5, 5.41) is 22.5. The van der Waals surface area contributed by atoms with E-state index in [9.17, 15) is 10.2 Å². The van der Waals surface area contributed by atoms with Crippen molar-refractivity contribution < 1.29 is 10.2 Å². The Bertz CT molecular complexity index is 897. The zero-order valence-electron chi connectivity index (χ0n) is 20.0. The molecule has 4 heteroatoms. The second-order valence-corrected chi connectivity index (χ2v) is 12.5. The van der Waals surface area contributed by atoms with Gasteiger partial charge in [-0.3, -0.25) is 0 Å². The monoisotopic (exact) mass is 457 g/mol. The van der Waals surface area contributed by atoms with Crippen LogP contribution in [0.25, 0.3) is 0 Å². The van der Waals surface area contributed by atoms with Gasteiger partial charge in [0.25, 0.3) is 0 Å². The maximum Gasteiger partial charge on any atom is 0.132 e. The molecule has 3 saturated carbocycles. The molecule has 0 radical (unpaired) electrons. The molecule has 2 N–H and O–H groups in total. The molecular weight excluding hydrogens is 418 g/mol. The van der Waals surface area contributed by atoms with E-state index in [0.717, 1.165) is 55.9 Å². The molecule has 4 aliphatic carbocycles. The number of halogens is 1. The second-order valence-electron chi connectivity index (χ2n) is 12.1. The van der Waals surface area contributed by atoms with E-state index < -0.39 is 5.60 Å². The summed E-state index contributed by atoms with van der Waals surface area (Å²) in [5.74, 6) is 2.50. The Morgan fingerprint density at radius 1 is 1.16 bits per heavy atom. The minimum absolute atomic E-state index is 0.140. The van der Waals surface area contributed by atoms with E-state index in [1.165, 1.54) is 31.3 Å². The van der Waals surface area contributed by atoms with Crippen molar-refractivity contribution in [3.8, 4) is 0 Å². The molecule has 0 aliphatic heterocycles. The lowest BCUT2D eigenvalue weighted by molar-refractivity contribution is -0.104. The maximum atomic E-state index is 11.7. The van der Waals surface area contributed by atoms with Crippen molar-refractivity contribution in [2.75, 3.05) is 0 Å². The van der Waals surface area contributed by atoms with E-state index in [0.29, 0.717) is 17.0 Å². The molecule has 176 valence electrons. The van der Waals surface area contributed by atoms with E-state index in [2.05, 4.69) is 31.8 Å². The Morgan fingerprint density at radius 2 is 1.97 bits per heavy atom. The zero-order chi connectivity index (χ0) is 22.7.